The van der Waals surface area contributed by atoms with Crippen LogP contribution in [0.2, 0.25) is 0 Å². The Balaban J connectivity index is 1.70. The molecule has 1 heterocycles. The molecule has 1 unspecified atom stereocenters. The van der Waals surface area contributed by atoms with Gasteiger partial charge in [0.2, 0.25) is 0 Å². The summed E-state index contributed by atoms with van der Waals surface area (Å²) in [6.45, 7) is 1.85. The molecular weight excluding hydrogens is 282 g/mol. The molecule has 1 N–H and O–H groups in total. The molecule has 1 atom stereocenters. The Kier molecular flexibility index (Phi) is 5.04. The van der Waals surface area contributed by atoms with Crippen molar-refractivity contribution in [1.29, 1.82) is 0 Å². The van der Waals surface area contributed by atoms with Crippen LogP contribution in [0.5, 0.6) is 0 Å². The molecule has 23 heavy (non-hydrogen) atoms. The van der Waals surface area contributed by atoms with E-state index < -0.39 is 0 Å². The maximum atomic E-state index is 9.32. The molecule has 0 fully saturated rings. The highest BCUT2D eigenvalue weighted by Gasteiger charge is 2.04. The fourth-order valence-electron chi connectivity index (χ4n) is 2.94. The maximum Gasteiger partial charge on any atom is 0.0525 e. The van der Waals surface area contributed by atoms with Gasteiger partial charge in [0.25, 0.3) is 0 Å². The van der Waals surface area contributed by atoms with Crippen LogP contribution in [0.3, 0.4) is 0 Å². The van der Waals surface area contributed by atoms with Gasteiger partial charge in [-0.15, -0.1) is 0 Å². The lowest BCUT2D eigenvalue weighted by atomic mass is 10.0. The van der Waals surface area contributed by atoms with Crippen LogP contribution in [0.25, 0.3) is 10.8 Å². The Hall–Kier alpha value is -2.19. The molecule has 0 saturated carbocycles. The SMILES string of the molecule is CC(O)CCCc1ccc(Cc2nccc3ccccc23)cc1. The van der Waals surface area contributed by atoms with E-state index in [1.807, 2.05) is 13.1 Å². The lowest BCUT2D eigenvalue weighted by molar-refractivity contribution is 0.182. The number of aromatic nitrogens is 1. The number of hydrogen-bond donors (Lipinski definition) is 1. The molecular formula is C21H23NO. The first-order valence-electron chi connectivity index (χ1n) is 8.31. The van der Waals surface area contributed by atoms with Crippen LogP contribution < -0.4 is 0 Å². The fraction of sp³-hybridized carbons (Fsp3) is 0.286. The van der Waals surface area contributed by atoms with Gasteiger partial charge in [0, 0.05) is 18.0 Å². The first-order valence-corrected chi connectivity index (χ1v) is 8.31. The molecule has 3 rings (SSSR count). The summed E-state index contributed by atoms with van der Waals surface area (Å²) in [4.78, 5) is 4.57. The van der Waals surface area contributed by atoms with E-state index in [2.05, 4.69) is 59.6 Å². The highest BCUT2D eigenvalue weighted by atomic mass is 16.3. The van der Waals surface area contributed by atoms with Crippen LogP contribution in [0.1, 0.15) is 36.6 Å². The number of aryl methyl sites for hydroxylation is 1. The molecule has 0 radical (unpaired) electrons. The van der Waals surface area contributed by atoms with E-state index in [1.165, 1.54) is 21.9 Å². The van der Waals surface area contributed by atoms with E-state index in [9.17, 15) is 5.11 Å². The predicted molar refractivity (Wildman–Crippen MR) is 95.6 cm³/mol. The number of pyridine rings is 1. The Morgan fingerprint density at radius 1 is 0.957 bits per heavy atom. The molecule has 0 bridgehead atoms. The van der Waals surface area contributed by atoms with Crippen LogP contribution in [0.4, 0.5) is 0 Å². The molecule has 3 aromatic rings. The van der Waals surface area contributed by atoms with E-state index in [0.717, 1.165) is 31.4 Å². The van der Waals surface area contributed by atoms with E-state index in [0.29, 0.717) is 0 Å². The molecule has 118 valence electrons. The molecule has 0 spiro atoms. The molecule has 2 aromatic carbocycles. The molecule has 0 aliphatic heterocycles. The Bertz CT molecular complexity index is 757. The van der Waals surface area contributed by atoms with Crippen molar-refractivity contribution in [3.8, 4) is 0 Å². The second kappa shape index (κ2) is 7.38. The molecule has 0 aliphatic rings. The standard InChI is InChI=1S/C21H23NO/c1-16(23)5-4-6-17-9-11-18(12-10-17)15-21-20-8-3-2-7-19(20)13-14-22-21/h2-3,7-14,16,23H,4-6,15H2,1H3. The first kappa shape index (κ1) is 15.7. The third-order valence-corrected chi connectivity index (χ3v) is 4.24. The second-order valence-electron chi connectivity index (χ2n) is 6.21. The summed E-state index contributed by atoms with van der Waals surface area (Å²) in [5.74, 6) is 0. The van der Waals surface area contributed by atoms with Gasteiger partial charge in [-0.25, -0.2) is 0 Å². The van der Waals surface area contributed by atoms with E-state index in [-0.39, 0.29) is 6.10 Å². The van der Waals surface area contributed by atoms with Gasteiger partial charge in [0.05, 0.1) is 11.8 Å². The summed E-state index contributed by atoms with van der Waals surface area (Å²) in [5.41, 5.74) is 3.75. The molecule has 1 aromatic heterocycles. The third-order valence-electron chi connectivity index (χ3n) is 4.24. The summed E-state index contributed by atoms with van der Waals surface area (Å²) < 4.78 is 0. The molecule has 2 heteroatoms. The quantitative estimate of drug-likeness (QED) is 0.726. The van der Waals surface area contributed by atoms with Gasteiger partial charge < -0.3 is 5.11 Å². The molecule has 0 aliphatic carbocycles. The van der Waals surface area contributed by atoms with E-state index in [1.54, 1.807) is 0 Å². The fourth-order valence-corrected chi connectivity index (χ4v) is 2.94. The monoisotopic (exact) mass is 305 g/mol. The number of aliphatic hydroxyl groups excluding tert-OH is 1. The van der Waals surface area contributed by atoms with Crippen molar-refractivity contribution in [1.82, 2.24) is 4.98 Å². The lowest BCUT2D eigenvalue weighted by Crippen LogP contribution is -2.00. The average molecular weight is 305 g/mol. The van der Waals surface area contributed by atoms with Crippen molar-refractivity contribution >= 4 is 10.8 Å². The summed E-state index contributed by atoms with van der Waals surface area (Å²) in [7, 11) is 0. The van der Waals surface area contributed by atoms with Crippen molar-refractivity contribution in [2.24, 2.45) is 0 Å². The lowest BCUT2D eigenvalue weighted by Gasteiger charge is -2.07. The van der Waals surface area contributed by atoms with Crippen LogP contribution in [-0.4, -0.2) is 16.2 Å². The smallest absolute Gasteiger partial charge is 0.0525 e. The number of rotatable bonds is 6. The summed E-state index contributed by atoms with van der Waals surface area (Å²) in [6.07, 6.45) is 5.46. The van der Waals surface area contributed by atoms with Crippen LogP contribution in [-0.2, 0) is 12.8 Å². The van der Waals surface area contributed by atoms with Crippen molar-refractivity contribution in [2.45, 2.75) is 38.7 Å². The minimum atomic E-state index is -0.202. The normalized spacial score (nSPS) is 12.4. The molecule has 2 nitrogen and oxygen atoms in total. The number of aliphatic hydroxyl groups is 1. The topological polar surface area (TPSA) is 33.1 Å². The van der Waals surface area contributed by atoms with E-state index in [4.69, 9.17) is 0 Å². The minimum Gasteiger partial charge on any atom is -0.393 e. The number of benzene rings is 2. The third kappa shape index (κ3) is 4.17. The van der Waals surface area contributed by atoms with Crippen molar-refractivity contribution in [2.75, 3.05) is 0 Å². The number of fused-ring (bicyclic) bond motifs is 1. The zero-order valence-corrected chi connectivity index (χ0v) is 13.6. The number of hydrogen-bond acceptors (Lipinski definition) is 2. The Morgan fingerprint density at radius 2 is 1.70 bits per heavy atom. The van der Waals surface area contributed by atoms with Gasteiger partial charge in [0.1, 0.15) is 0 Å². The summed E-state index contributed by atoms with van der Waals surface area (Å²) >= 11 is 0. The minimum absolute atomic E-state index is 0.202. The van der Waals surface area contributed by atoms with Gasteiger partial charge in [-0.1, -0.05) is 48.5 Å². The summed E-state index contributed by atoms with van der Waals surface area (Å²) in [5, 5.41) is 11.8. The molecule has 0 amide bonds. The largest absolute Gasteiger partial charge is 0.393 e. The second-order valence-corrected chi connectivity index (χ2v) is 6.21. The van der Waals surface area contributed by atoms with E-state index >= 15 is 0 Å². The zero-order chi connectivity index (χ0) is 16.1. The maximum absolute atomic E-state index is 9.32. The average Bonchev–Trinajstić information content (AvgIpc) is 2.56. The van der Waals surface area contributed by atoms with Crippen molar-refractivity contribution in [3.63, 3.8) is 0 Å². The number of nitrogens with zero attached hydrogens (tertiary/aromatic N) is 1. The van der Waals surface area contributed by atoms with Crippen molar-refractivity contribution in [3.05, 3.63) is 77.6 Å². The highest BCUT2D eigenvalue weighted by molar-refractivity contribution is 5.84. The predicted octanol–water partition coefficient (Wildman–Crippen LogP) is 4.53. The van der Waals surface area contributed by atoms with Gasteiger partial charge in [-0.05, 0) is 48.8 Å². The Labute approximate surface area is 137 Å². The zero-order valence-electron chi connectivity index (χ0n) is 13.6. The van der Waals surface area contributed by atoms with Gasteiger partial charge in [-0.2, -0.15) is 0 Å². The molecule has 0 saturated heterocycles. The van der Waals surface area contributed by atoms with Crippen LogP contribution >= 0.6 is 0 Å². The van der Waals surface area contributed by atoms with Gasteiger partial charge >= 0.3 is 0 Å². The van der Waals surface area contributed by atoms with Gasteiger partial charge in [0.15, 0.2) is 0 Å². The highest BCUT2D eigenvalue weighted by Crippen LogP contribution is 2.19. The Morgan fingerprint density at radius 3 is 2.48 bits per heavy atom. The van der Waals surface area contributed by atoms with Crippen molar-refractivity contribution < 1.29 is 5.11 Å². The van der Waals surface area contributed by atoms with Crippen LogP contribution in [0, 0.1) is 0 Å². The van der Waals surface area contributed by atoms with Crippen LogP contribution in [0.15, 0.2) is 60.8 Å². The summed E-state index contributed by atoms with van der Waals surface area (Å²) in [6, 6.07) is 19.2. The van der Waals surface area contributed by atoms with Gasteiger partial charge in [-0.3, -0.25) is 4.98 Å². The first-order chi connectivity index (χ1) is 11.2.